The first-order chi connectivity index (χ1) is 16.2. The maximum Gasteiger partial charge on any atom is 0.160 e. The van der Waals surface area contributed by atoms with E-state index < -0.39 is 0 Å². The number of hydrogen-bond acceptors (Lipinski definition) is 5. The smallest absolute Gasteiger partial charge is 0.160 e. The molecule has 184 valence electrons. The number of pyridine rings is 1. The average Bonchev–Trinajstić information content (AvgIpc) is 3.17. The molecule has 6 atom stereocenters. The Balaban J connectivity index is 1.31. The lowest BCUT2D eigenvalue weighted by molar-refractivity contribution is -0.129. The first-order valence-electron chi connectivity index (χ1n) is 13.4. The number of aromatic hydroxyl groups is 1. The van der Waals surface area contributed by atoms with E-state index in [4.69, 9.17) is 0 Å². The largest absolute Gasteiger partial charge is 0.504 e. The molecule has 1 aromatic rings. The standard InChI is InChI=1S/C29H40N2O3/c1-5-24-27(34)25(14-17(2)31-24)30-16-26(33)23-9-8-21-20-7-6-18-15-19(32)10-12-28(18,3)22(20)11-13-29(21,23)4/h14-15,20-23,34H,5-13,16H2,1-4H3,(H,30,31)/t20-,21-,22-,23+,28-,29-/m0/s1. The number of hydrogen-bond donors (Lipinski definition) is 2. The van der Waals surface area contributed by atoms with Crippen molar-refractivity contribution in [2.24, 2.45) is 34.5 Å². The molecule has 5 rings (SSSR count). The van der Waals surface area contributed by atoms with Crippen LogP contribution in [0.1, 0.15) is 83.5 Å². The van der Waals surface area contributed by atoms with Gasteiger partial charge < -0.3 is 10.4 Å². The van der Waals surface area contributed by atoms with Crippen molar-refractivity contribution in [3.63, 3.8) is 0 Å². The number of aromatic nitrogens is 1. The summed E-state index contributed by atoms with van der Waals surface area (Å²) in [5.41, 5.74) is 3.78. The van der Waals surface area contributed by atoms with Gasteiger partial charge in [-0.25, -0.2) is 0 Å². The molecule has 4 aliphatic rings. The fraction of sp³-hybridized carbons (Fsp3) is 0.690. The molecule has 0 amide bonds. The van der Waals surface area contributed by atoms with Crippen LogP contribution in [0.4, 0.5) is 5.69 Å². The molecule has 5 heteroatoms. The number of nitrogens with one attached hydrogen (secondary N) is 1. The Kier molecular flexibility index (Phi) is 5.89. The van der Waals surface area contributed by atoms with Gasteiger partial charge in [0.05, 0.1) is 17.9 Å². The van der Waals surface area contributed by atoms with Crippen LogP contribution in [0.25, 0.3) is 0 Å². The van der Waals surface area contributed by atoms with Gasteiger partial charge >= 0.3 is 0 Å². The number of carbonyl (C=O) groups is 2. The van der Waals surface area contributed by atoms with Gasteiger partial charge in [0, 0.05) is 18.0 Å². The Labute approximate surface area is 203 Å². The minimum atomic E-state index is 0.0623. The highest BCUT2D eigenvalue weighted by Crippen LogP contribution is 2.66. The van der Waals surface area contributed by atoms with Crippen LogP contribution in [-0.2, 0) is 16.0 Å². The number of carbonyl (C=O) groups excluding carboxylic acids is 2. The molecule has 0 saturated heterocycles. The van der Waals surface area contributed by atoms with E-state index in [1.54, 1.807) is 0 Å². The summed E-state index contributed by atoms with van der Waals surface area (Å²) < 4.78 is 0. The number of fused-ring (bicyclic) bond motifs is 5. The molecule has 2 N–H and O–H groups in total. The number of ketones is 2. The number of Topliss-reactive ketones (excluding diaryl/α,β-unsaturated/α-hetero) is 1. The second-order valence-electron chi connectivity index (χ2n) is 11.9. The SMILES string of the molecule is CCc1nc(C)cc(NCC(=O)[C@H]2CC[C@H]3[C@@H]4CCC5=CC(=O)CC[C@]5(C)[C@H]4CC[C@]23C)c1O. The highest BCUT2D eigenvalue weighted by atomic mass is 16.3. The molecule has 1 aromatic heterocycles. The quantitative estimate of drug-likeness (QED) is 0.577. The van der Waals surface area contributed by atoms with E-state index in [1.807, 2.05) is 26.0 Å². The van der Waals surface area contributed by atoms with Crippen molar-refractivity contribution in [2.75, 3.05) is 11.9 Å². The van der Waals surface area contributed by atoms with Crippen molar-refractivity contribution in [3.05, 3.63) is 29.1 Å². The Morgan fingerprint density at radius 1 is 1.15 bits per heavy atom. The second kappa shape index (κ2) is 8.49. The molecular formula is C29H40N2O3. The van der Waals surface area contributed by atoms with Gasteiger partial charge in [0.25, 0.3) is 0 Å². The molecule has 0 aliphatic heterocycles. The van der Waals surface area contributed by atoms with Crippen LogP contribution in [0.2, 0.25) is 0 Å². The monoisotopic (exact) mass is 464 g/mol. The topological polar surface area (TPSA) is 79.3 Å². The van der Waals surface area contributed by atoms with E-state index in [-0.39, 0.29) is 34.8 Å². The molecule has 0 aromatic carbocycles. The van der Waals surface area contributed by atoms with Crippen LogP contribution < -0.4 is 5.32 Å². The summed E-state index contributed by atoms with van der Waals surface area (Å²) in [5.74, 6) is 2.75. The van der Waals surface area contributed by atoms with Crippen molar-refractivity contribution < 1.29 is 14.7 Å². The molecule has 0 spiro atoms. The average molecular weight is 465 g/mol. The van der Waals surface area contributed by atoms with Crippen LogP contribution in [0.3, 0.4) is 0 Å². The molecule has 0 bridgehead atoms. The van der Waals surface area contributed by atoms with Gasteiger partial charge in [-0.15, -0.1) is 0 Å². The Morgan fingerprint density at radius 2 is 1.94 bits per heavy atom. The Bertz CT molecular complexity index is 1050. The summed E-state index contributed by atoms with van der Waals surface area (Å²) in [4.78, 5) is 30.0. The fourth-order valence-electron chi connectivity index (χ4n) is 8.51. The highest BCUT2D eigenvalue weighted by molar-refractivity contribution is 5.91. The summed E-state index contributed by atoms with van der Waals surface area (Å²) in [7, 11) is 0. The van der Waals surface area contributed by atoms with Gasteiger partial charge in [-0.05, 0) is 99.0 Å². The first-order valence-corrected chi connectivity index (χ1v) is 13.4. The summed E-state index contributed by atoms with van der Waals surface area (Å²) in [5, 5.41) is 13.8. The molecule has 3 saturated carbocycles. The minimum absolute atomic E-state index is 0.0623. The molecule has 0 unspecified atom stereocenters. The Morgan fingerprint density at radius 3 is 2.71 bits per heavy atom. The predicted octanol–water partition coefficient (Wildman–Crippen LogP) is 5.79. The lowest BCUT2D eigenvalue weighted by atomic mass is 9.46. The molecule has 3 fully saturated rings. The number of anilines is 1. The van der Waals surface area contributed by atoms with E-state index in [0.29, 0.717) is 47.8 Å². The lowest BCUT2D eigenvalue weighted by Crippen LogP contribution is -2.51. The number of rotatable bonds is 5. The third-order valence-electron chi connectivity index (χ3n) is 10.3. The lowest BCUT2D eigenvalue weighted by Gasteiger charge is -2.58. The summed E-state index contributed by atoms with van der Waals surface area (Å²) >= 11 is 0. The van der Waals surface area contributed by atoms with Gasteiger partial charge in [-0.2, -0.15) is 0 Å². The maximum absolute atomic E-state index is 13.5. The summed E-state index contributed by atoms with van der Waals surface area (Å²) in [6, 6.07) is 1.83. The highest BCUT2D eigenvalue weighted by Gasteiger charge is 2.59. The van der Waals surface area contributed by atoms with Crippen molar-refractivity contribution >= 4 is 17.3 Å². The normalized spacial score (nSPS) is 36.8. The zero-order valence-corrected chi connectivity index (χ0v) is 21.2. The molecule has 1 heterocycles. The van der Waals surface area contributed by atoms with Crippen molar-refractivity contribution in [1.29, 1.82) is 0 Å². The first kappa shape index (κ1) is 23.6. The number of aryl methyl sites for hydroxylation is 2. The predicted molar refractivity (Wildman–Crippen MR) is 134 cm³/mol. The van der Waals surface area contributed by atoms with E-state index in [0.717, 1.165) is 37.8 Å². The molecule has 4 aliphatic carbocycles. The van der Waals surface area contributed by atoms with E-state index in [9.17, 15) is 14.7 Å². The van der Waals surface area contributed by atoms with Crippen LogP contribution >= 0.6 is 0 Å². The van der Waals surface area contributed by atoms with Gasteiger partial charge in [0.2, 0.25) is 0 Å². The summed E-state index contributed by atoms with van der Waals surface area (Å²) in [6.45, 7) is 8.95. The van der Waals surface area contributed by atoms with Gasteiger partial charge in [-0.3, -0.25) is 14.6 Å². The van der Waals surface area contributed by atoms with Crippen molar-refractivity contribution in [2.45, 2.75) is 85.5 Å². The summed E-state index contributed by atoms with van der Waals surface area (Å²) in [6.07, 6.45) is 10.9. The van der Waals surface area contributed by atoms with Crippen LogP contribution in [0, 0.1) is 41.4 Å². The zero-order chi connectivity index (χ0) is 24.3. The van der Waals surface area contributed by atoms with Crippen LogP contribution in [0.15, 0.2) is 17.7 Å². The third kappa shape index (κ3) is 3.61. The van der Waals surface area contributed by atoms with E-state index in [2.05, 4.69) is 24.1 Å². The van der Waals surface area contributed by atoms with Gasteiger partial charge in [0.15, 0.2) is 17.3 Å². The van der Waals surface area contributed by atoms with Gasteiger partial charge in [0.1, 0.15) is 0 Å². The van der Waals surface area contributed by atoms with Gasteiger partial charge in [-0.1, -0.05) is 26.3 Å². The molecule has 34 heavy (non-hydrogen) atoms. The fourth-order valence-corrected chi connectivity index (χ4v) is 8.51. The van der Waals surface area contributed by atoms with E-state index in [1.165, 1.54) is 18.4 Å². The van der Waals surface area contributed by atoms with Crippen molar-refractivity contribution in [1.82, 2.24) is 4.98 Å². The Hall–Kier alpha value is -2.17. The number of allylic oxidation sites excluding steroid dienone is 1. The zero-order valence-electron chi connectivity index (χ0n) is 21.2. The van der Waals surface area contributed by atoms with Crippen LogP contribution in [0.5, 0.6) is 5.75 Å². The second-order valence-corrected chi connectivity index (χ2v) is 11.9. The maximum atomic E-state index is 13.5. The third-order valence-corrected chi connectivity index (χ3v) is 10.3. The van der Waals surface area contributed by atoms with Crippen molar-refractivity contribution in [3.8, 4) is 5.75 Å². The number of nitrogens with zero attached hydrogens (tertiary/aromatic N) is 1. The molecule has 5 nitrogen and oxygen atoms in total. The minimum Gasteiger partial charge on any atom is -0.504 e. The molecule has 0 radical (unpaired) electrons. The van der Waals surface area contributed by atoms with E-state index >= 15 is 0 Å². The van der Waals surface area contributed by atoms with Crippen LogP contribution in [-0.4, -0.2) is 28.2 Å². The molecular weight excluding hydrogens is 424 g/mol.